The molecule has 0 aliphatic carbocycles. The average Bonchev–Trinajstić information content (AvgIpc) is 2.76. The van der Waals surface area contributed by atoms with E-state index in [1.165, 1.54) is 12.4 Å². The first-order valence-electron chi connectivity index (χ1n) is 6.12. The maximum atomic E-state index is 12.2. The summed E-state index contributed by atoms with van der Waals surface area (Å²) in [6.45, 7) is 6.12. The summed E-state index contributed by atoms with van der Waals surface area (Å²) in [5.41, 5.74) is 6.92. The molecule has 2 heterocycles. The normalized spacial score (nSPS) is 11.6. The Morgan fingerprint density at radius 3 is 2.65 bits per heavy atom. The molecule has 0 amide bonds. The number of imidazole rings is 1. The smallest absolute Gasteiger partial charge is 0.282 e. The molecule has 0 aliphatic heterocycles. The lowest BCUT2D eigenvalue weighted by Crippen LogP contribution is -2.14. The Balaban J connectivity index is 2.32. The molecule has 0 saturated carbocycles. The van der Waals surface area contributed by atoms with Gasteiger partial charge in [-0.2, -0.15) is 8.42 Å². The van der Waals surface area contributed by atoms with Crippen LogP contribution in [-0.2, 0) is 16.6 Å². The van der Waals surface area contributed by atoms with Gasteiger partial charge in [-0.3, -0.25) is 4.72 Å². The number of sulfonamides is 1. The first kappa shape index (κ1) is 14.3. The van der Waals surface area contributed by atoms with Crippen LogP contribution in [0.2, 0.25) is 0 Å². The third-order valence-corrected chi connectivity index (χ3v) is 4.19. The van der Waals surface area contributed by atoms with E-state index in [-0.39, 0.29) is 10.8 Å². The average molecular weight is 295 g/mol. The van der Waals surface area contributed by atoms with Crippen LogP contribution in [0.4, 0.5) is 11.5 Å². The lowest BCUT2D eigenvalue weighted by Gasteiger charge is -2.06. The summed E-state index contributed by atoms with van der Waals surface area (Å²) in [5.74, 6) is 0.870. The van der Waals surface area contributed by atoms with Gasteiger partial charge < -0.3 is 10.3 Å². The van der Waals surface area contributed by atoms with Crippen LogP contribution < -0.4 is 10.5 Å². The molecule has 3 N–H and O–H groups in total. The molecule has 0 radical (unpaired) electrons. The summed E-state index contributed by atoms with van der Waals surface area (Å²) in [6, 6.07) is 1.58. The molecule has 0 spiro atoms. The fraction of sp³-hybridized carbons (Fsp3) is 0.333. The lowest BCUT2D eigenvalue weighted by atomic mass is 10.2. The molecule has 108 valence electrons. The van der Waals surface area contributed by atoms with E-state index in [0.29, 0.717) is 18.1 Å². The van der Waals surface area contributed by atoms with E-state index in [0.717, 1.165) is 5.56 Å². The molecule has 0 bridgehead atoms. The van der Waals surface area contributed by atoms with Crippen molar-refractivity contribution in [1.82, 2.24) is 14.5 Å². The Hall–Kier alpha value is -2.09. The van der Waals surface area contributed by atoms with Gasteiger partial charge in [0.25, 0.3) is 10.0 Å². The molecule has 0 aromatic carbocycles. The van der Waals surface area contributed by atoms with Gasteiger partial charge in [0.2, 0.25) is 0 Å². The van der Waals surface area contributed by atoms with Crippen LogP contribution in [0.25, 0.3) is 0 Å². The monoisotopic (exact) mass is 295 g/mol. The van der Waals surface area contributed by atoms with Gasteiger partial charge in [0.05, 0.1) is 11.9 Å². The number of hydrogen-bond donors (Lipinski definition) is 2. The van der Waals surface area contributed by atoms with Crippen molar-refractivity contribution in [1.29, 1.82) is 0 Å². The number of aryl methyl sites for hydroxylation is 3. The zero-order valence-electron chi connectivity index (χ0n) is 11.6. The van der Waals surface area contributed by atoms with Crippen molar-refractivity contribution < 1.29 is 8.42 Å². The second-order valence-electron chi connectivity index (χ2n) is 4.44. The molecule has 0 fully saturated rings. The summed E-state index contributed by atoms with van der Waals surface area (Å²) in [7, 11) is -3.74. The van der Waals surface area contributed by atoms with Crippen LogP contribution in [0.15, 0.2) is 23.5 Å². The third-order valence-electron chi connectivity index (χ3n) is 2.96. The molecule has 7 nitrogen and oxygen atoms in total. The Labute approximate surface area is 117 Å². The van der Waals surface area contributed by atoms with E-state index >= 15 is 0 Å². The summed E-state index contributed by atoms with van der Waals surface area (Å²) in [5, 5.41) is -0.0203. The second kappa shape index (κ2) is 5.12. The number of pyridine rings is 1. The van der Waals surface area contributed by atoms with Crippen LogP contribution in [-0.4, -0.2) is 23.0 Å². The van der Waals surface area contributed by atoms with Crippen LogP contribution >= 0.6 is 0 Å². The third kappa shape index (κ3) is 2.74. The van der Waals surface area contributed by atoms with Gasteiger partial charge >= 0.3 is 0 Å². The number of anilines is 2. The zero-order valence-corrected chi connectivity index (χ0v) is 12.4. The highest BCUT2D eigenvalue weighted by Gasteiger charge is 2.19. The van der Waals surface area contributed by atoms with Gasteiger partial charge in [0.15, 0.2) is 5.03 Å². The predicted molar refractivity (Wildman–Crippen MR) is 76.8 cm³/mol. The quantitative estimate of drug-likeness (QED) is 0.885. The van der Waals surface area contributed by atoms with Gasteiger partial charge in [-0.25, -0.2) is 9.97 Å². The topological polar surface area (TPSA) is 103 Å². The van der Waals surface area contributed by atoms with Gasteiger partial charge in [0, 0.05) is 12.7 Å². The molecular weight excluding hydrogens is 278 g/mol. The summed E-state index contributed by atoms with van der Waals surface area (Å²) in [4.78, 5) is 8.00. The number of aromatic nitrogens is 3. The Kier molecular flexibility index (Phi) is 3.67. The van der Waals surface area contributed by atoms with Crippen LogP contribution in [0.3, 0.4) is 0 Å². The number of nitrogens with zero attached hydrogens (tertiary/aromatic N) is 3. The summed E-state index contributed by atoms with van der Waals surface area (Å²) >= 11 is 0. The second-order valence-corrected chi connectivity index (χ2v) is 6.07. The van der Waals surface area contributed by atoms with E-state index in [1.54, 1.807) is 24.5 Å². The number of hydrogen-bond acceptors (Lipinski definition) is 5. The minimum Gasteiger partial charge on any atom is -0.397 e. The van der Waals surface area contributed by atoms with Crippen LogP contribution in [0.5, 0.6) is 0 Å². The van der Waals surface area contributed by atoms with E-state index in [2.05, 4.69) is 14.7 Å². The Morgan fingerprint density at radius 2 is 2.10 bits per heavy atom. The fourth-order valence-corrected chi connectivity index (χ4v) is 2.75. The minimum atomic E-state index is -3.74. The highest BCUT2D eigenvalue weighted by Crippen LogP contribution is 2.17. The van der Waals surface area contributed by atoms with Gasteiger partial charge in [-0.05, 0) is 32.4 Å². The largest absolute Gasteiger partial charge is 0.397 e. The highest BCUT2D eigenvalue weighted by atomic mass is 32.2. The van der Waals surface area contributed by atoms with Crippen LogP contribution in [0.1, 0.15) is 18.3 Å². The first-order valence-corrected chi connectivity index (χ1v) is 7.60. The maximum Gasteiger partial charge on any atom is 0.282 e. The number of rotatable bonds is 4. The van der Waals surface area contributed by atoms with Gasteiger partial charge in [0.1, 0.15) is 11.6 Å². The molecule has 2 aromatic rings. The van der Waals surface area contributed by atoms with Crippen molar-refractivity contribution in [2.75, 3.05) is 10.5 Å². The number of nitrogens with one attached hydrogen (secondary N) is 1. The molecular formula is C12H17N5O2S. The summed E-state index contributed by atoms with van der Waals surface area (Å²) < 4.78 is 28.6. The lowest BCUT2D eigenvalue weighted by molar-refractivity contribution is 0.597. The van der Waals surface area contributed by atoms with Crippen molar-refractivity contribution in [2.24, 2.45) is 0 Å². The standard InChI is InChI=1S/C12H17N5O2S/c1-4-17-7-12(15-9(17)3)20(18,19)16-11-5-8(2)10(13)6-14-11/h5-7H,4,13H2,1-3H3,(H,14,16). The maximum absolute atomic E-state index is 12.2. The van der Waals surface area contributed by atoms with Crippen molar-refractivity contribution >= 4 is 21.5 Å². The van der Waals surface area contributed by atoms with E-state index < -0.39 is 10.0 Å². The molecule has 8 heteroatoms. The SMILES string of the molecule is CCn1cc(S(=O)(=O)Nc2cc(C)c(N)cn2)nc1C. The summed E-state index contributed by atoms with van der Waals surface area (Å²) in [6.07, 6.45) is 2.92. The van der Waals surface area contributed by atoms with Crippen molar-refractivity contribution in [2.45, 2.75) is 32.3 Å². The molecule has 0 atom stereocenters. The Morgan fingerprint density at radius 1 is 1.40 bits per heavy atom. The molecule has 0 unspecified atom stereocenters. The molecule has 2 rings (SSSR count). The molecule has 2 aromatic heterocycles. The molecule has 20 heavy (non-hydrogen) atoms. The zero-order chi connectivity index (χ0) is 14.9. The molecule has 0 saturated heterocycles. The van der Waals surface area contributed by atoms with E-state index in [4.69, 9.17) is 5.73 Å². The van der Waals surface area contributed by atoms with Crippen LogP contribution in [0, 0.1) is 13.8 Å². The van der Waals surface area contributed by atoms with E-state index in [1.807, 2.05) is 6.92 Å². The fourth-order valence-electron chi connectivity index (χ4n) is 1.74. The minimum absolute atomic E-state index is 0.0203. The van der Waals surface area contributed by atoms with Crippen molar-refractivity contribution in [3.63, 3.8) is 0 Å². The van der Waals surface area contributed by atoms with Crippen molar-refractivity contribution in [3.05, 3.63) is 29.8 Å². The first-order chi connectivity index (χ1) is 9.33. The predicted octanol–water partition coefficient (Wildman–Crippen LogP) is 1.30. The van der Waals surface area contributed by atoms with Crippen molar-refractivity contribution in [3.8, 4) is 0 Å². The number of nitrogens with two attached hydrogens (primary N) is 1. The van der Waals surface area contributed by atoms with Gasteiger partial charge in [-0.15, -0.1) is 0 Å². The molecule has 0 aliphatic rings. The highest BCUT2D eigenvalue weighted by molar-refractivity contribution is 7.92. The van der Waals surface area contributed by atoms with Gasteiger partial charge in [-0.1, -0.05) is 0 Å². The van der Waals surface area contributed by atoms with E-state index in [9.17, 15) is 8.42 Å². The Bertz CT molecular complexity index is 736. The number of nitrogen functional groups attached to an aromatic ring is 1.